The van der Waals surface area contributed by atoms with E-state index >= 15 is 0 Å². The molecule has 0 spiro atoms. The molecule has 1 aromatic rings. The Hall–Kier alpha value is -1.39. The average molecular weight is 224 g/mol. The fourth-order valence-corrected chi connectivity index (χ4v) is 1.24. The number of benzene rings is 1. The molecule has 1 rings (SSSR count). The number of nitrogens with one attached hydrogen (secondary N) is 1. The van der Waals surface area contributed by atoms with E-state index < -0.39 is 0 Å². The van der Waals surface area contributed by atoms with Crippen LogP contribution in [0.3, 0.4) is 0 Å². The van der Waals surface area contributed by atoms with E-state index in [9.17, 15) is 0 Å². The van der Waals surface area contributed by atoms with Crippen LogP contribution in [0.25, 0.3) is 0 Å². The minimum Gasteiger partial charge on any atom is -0.483 e. The SMILES string of the molecule is CC(C)(C)c1ccc(CNN)cc1.O=CO. The molecule has 0 atom stereocenters. The van der Waals surface area contributed by atoms with Crippen LogP contribution in [0.2, 0.25) is 0 Å². The Morgan fingerprint density at radius 1 is 1.31 bits per heavy atom. The monoisotopic (exact) mass is 224 g/mol. The lowest BCUT2D eigenvalue weighted by atomic mass is 9.87. The van der Waals surface area contributed by atoms with Crippen LogP contribution in [0, 0.1) is 0 Å². The van der Waals surface area contributed by atoms with Crippen molar-refractivity contribution in [1.82, 2.24) is 5.43 Å². The first-order valence-electron chi connectivity index (χ1n) is 5.06. The number of hydrogen-bond donors (Lipinski definition) is 3. The van der Waals surface area contributed by atoms with E-state index in [1.165, 1.54) is 11.1 Å². The van der Waals surface area contributed by atoms with Gasteiger partial charge in [0.05, 0.1) is 0 Å². The van der Waals surface area contributed by atoms with Gasteiger partial charge in [-0.1, -0.05) is 45.0 Å². The molecule has 0 bridgehead atoms. The smallest absolute Gasteiger partial charge is 0.290 e. The third-order valence-corrected chi connectivity index (χ3v) is 2.13. The van der Waals surface area contributed by atoms with Crippen molar-refractivity contribution in [3.63, 3.8) is 0 Å². The molecule has 0 aliphatic rings. The fraction of sp³-hybridized carbons (Fsp3) is 0.417. The average Bonchev–Trinajstić information content (AvgIpc) is 2.19. The molecule has 0 aromatic heterocycles. The zero-order chi connectivity index (χ0) is 12.6. The predicted molar refractivity (Wildman–Crippen MR) is 64.9 cm³/mol. The minimum atomic E-state index is -0.250. The van der Waals surface area contributed by atoms with E-state index in [4.69, 9.17) is 15.7 Å². The molecule has 0 heterocycles. The van der Waals surface area contributed by atoms with Crippen molar-refractivity contribution >= 4 is 6.47 Å². The zero-order valence-electron chi connectivity index (χ0n) is 10.0. The van der Waals surface area contributed by atoms with Crippen molar-refractivity contribution in [3.8, 4) is 0 Å². The van der Waals surface area contributed by atoms with Gasteiger partial charge in [0, 0.05) is 6.54 Å². The topological polar surface area (TPSA) is 75.3 Å². The fourth-order valence-electron chi connectivity index (χ4n) is 1.24. The molecule has 4 nitrogen and oxygen atoms in total. The van der Waals surface area contributed by atoms with Crippen molar-refractivity contribution in [2.45, 2.75) is 32.7 Å². The summed E-state index contributed by atoms with van der Waals surface area (Å²) in [4.78, 5) is 8.36. The van der Waals surface area contributed by atoms with E-state index in [0.717, 1.165) is 6.54 Å². The molecule has 4 N–H and O–H groups in total. The second kappa shape index (κ2) is 6.98. The lowest BCUT2D eigenvalue weighted by Gasteiger charge is -2.19. The summed E-state index contributed by atoms with van der Waals surface area (Å²) in [6, 6.07) is 8.54. The second-order valence-electron chi connectivity index (χ2n) is 4.43. The summed E-state index contributed by atoms with van der Waals surface area (Å²) in [5.74, 6) is 5.23. The van der Waals surface area contributed by atoms with E-state index in [1.807, 2.05) is 0 Å². The summed E-state index contributed by atoms with van der Waals surface area (Å²) in [6.07, 6.45) is 0. The summed E-state index contributed by atoms with van der Waals surface area (Å²) < 4.78 is 0. The van der Waals surface area contributed by atoms with Crippen molar-refractivity contribution in [2.75, 3.05) is 0 Å². The highest BCUT2D eigenvalue weighted by Gasteiger charge is 2.12. The number of nitrogens with two attached hydrogens (primary N) is 1. The van der Waals surface area contributed by atoms with Gasteiger partial charge in [-0.3, -0.25) is 16.1 Å². The largest absolute Gasteiger partial charge is 0.483 e. The van der Waals surface area contributed by atoms with E-state index in [1.54, 1.807) is 0 Å². The molecule has 1 aromatic carbocycles. The lowest BCUT2D eigenvalue weighted by Crippen LogP contribution is -2.20. The van der Waals surface area contributed by atoms with Crippen LogP contribution in [-0.2, 0) is 16.8 Å². The molecule has 0 unspecified atom stereocenters. The highest BCUT2D eigenvalue weighted by molar-refractivity contribution is 5.32. The normalized spacial score (nSPS) is 10.2. The van der Waals surface area contributed by atoms with Gasteiger partial charge in [0.25, 0.3) is 6.47 Å². The maximum atomic E-state index is 8.36. The number of carboxylic acid groups (broad SMARTS) is 1. The first kappa shape index (κ1) is 14.6. The summed E-state index contributed by atoms with van der Waals surface area (Å²) in [5, 5.41) is 6.89. The van der Waals surface area contributed by atoms with Crippen LogP contribution in [0.15, 0.2) is 24.3 Å². The Kier molecular flexibility index (Phi) is 6.37. The standard InChI is InChI=1S/C11H18N2.CH2O2/c1-11(2,3)10-6-4-9(5-7-10)8-13-12;2-1-3/h4-7,13H,8,12H2,1-3H3;1H,(H,2,3). The molecule has 16 heavy (non-hydrogen) atoms. The van der Waals surface area contributed by atoms with Crippen molar-refractivity contribution in [1.29, 1.82) is 0 Å². The highest BCUT2D eigenvalue weighted by atomic mass is 16.3. The summed E-state index contributed by atoms with van der Waals surface area (Å²) >= 11 is 0. The van der Waals surface area contributed by atoms with Crippen LogP contribution < -0.4 is 11.3 Å². The zero-order valence-corrected chi connectivity index (χ0v) is 10.0. The number of hydrazine groups is 1. The van der Waals surface area contributed by atoms with Crippen LogP contribution in [0.4, 0.5) is 0 Å². The Bertz CT molecular complexity index is 302. The van der Waals surface area contributed by atoms with Gasteiger partial charge >= 0.3 is 0 Å². The molecule has 0 aliphatic carbocycles. The van der Waals surface area contributed by atoms with Crippen LogP contribution in [0.1, 0.15) is 31.9 Å². The molecule has 0 fully saturated rings. The summed E-state index contributed by atoms with van der Waals surface area (Å²) in [7, 11) is 0. The third-order valence-electron chi connectivity index (χ3n) is 2.13. The van der Waals surface area contributed by atoms with Gasteiger partial charge in [-0.2, -0.15) is 0 Å². The van der Waals surface area contributed by atoms with E-state index in [-0.39, 0.29) is 11.9 Å². The Labute approximate surface area is 96.4 Å². The maximum Gasteiger partial charge on any atom is 0.290 e. The van der Waals surface area contributed by atoms with Crippen molar-refractivity contribution < 1.29 is 9.90 Å². The van der Waals surface area contributed by atoms with Crippen molar-refractivity contribution in [2.24, 2.45) is 5.84 Å². The molecule has 0 amide bonds. The van der Waals surface area contributed by atoms with E-state index in [0.29, 0.717) is 0 Å². The van der Waals surface area contributed by atoms with Gasteiger partial charge in [0.15, 0.2) is 0 Å². The predicted octanol–water partition coefficient (Wildman–Crippen LogP) is 1.65. The van der Waals surface area contributed by atoms with Crippen LogP contribution in [-0.4, -0.2) is 11.6 Å². The van der Waals surface area contributed by atoms with Gasteiger partial charge in [0.2, 0.25) is 0 Å². The maximum absolute atomic E-state index is 8.36. The molecule has 0 saturated carbocycles. The first-order chi connectivity index (χ1) is 7.45. The molecular weight excluding hydrogens is 204 g/mol. The molecule has 4 heteroatoms. The number of carbonyl (C=O) groups is 1. The number of hydrogen-bond acceptors (Lipinski definition) is 3. The molecule has 0 aliphatic heterocycles. The molecule has 0 radical (unpaired) electrons. The number of rotatable bonds is 2. The minimum absolute atomic E-state index is 0.231. The summed E-state index contributed by atoms with van der Waals surface area (Å²) in [5.41, 5.74) is 5.45. The second-order valence-corrected chi connectivity index (χ2v) is 4.43. The first-order valence-corrected chi connectivity index (χ1v) is 5.06. The van der Waals surface area contributed by atoms with Crippen molar-refractivity contribution in [3.05, 3.63) is 35.4 Å². The Morgan fingerprint density at radius 3 is 2.06 bits per heavy atom. The third kappa shape index (κ3) is 5.48. The Balaban J connectivity index is 0.000000673. The van der Waals surface area contributed by atoms with Gasteiger partial charge in [-0.25, -0.2) is 0 Å². The lowest BCUT2D eigenvalue weighted by molar-refractivity contribution is -0.122. The van der Waals surface area contributed by atoms with Gasteiger partial charge in [-0.15, -0.1) is 0 Å². The Morgan fingerprint density at radius 2 is 1.75 bits per heavy atom. The van der Waals surface area contributed by atoms with Crippen LogP contribution >= 0.6 is 0 Å². The summed E-state index contributed by atoms with van der Waals surface area (Å²) in [6.45, 7) is 7.11. The molecule has 0 saturated heterocycles. The van der Waals surface area contributed by atoms with Gasteiger partial charge in [0.1, 0.15) is 0 Å². The molecule has 90 valence electrons. The quantitative estimate of drug-likeness (QED) is 0.405. The van der Waals surface area contributed by atoms with Gasteiger partial charge < -0.3 is 5.11 Å². The van der Waals surface area contributed by atoms with E-state index in [2.05, 4.69) is 50.5 Å². The van der Waals surface area contributed by atoms with Gasteiger partial charge in [-0.05, 0) is 16.5 Å². The molecular formula is C12H20N2O2. The highest BCUT2D eigenvalue weighted by Crippen LogP contribution is 2.21. The van der Waals surface area contributed by atoms with Crippen LogP contribution in [0.5, 0.6) is 0 Å².